The summed E-state index contributed by atoms with van der Waals surface area (Å²) in [6.07, 6.45) is 5.08. The molecule has 1 rings (SSSR count). The van der Waals surface area contributed by atoms with Crippen molar-refractivity contribution < 1.29 is 0 Å². The second-order valence-electron chi connectivity index (χ2n) is 4.66. The zero-order chi connectivity index (χ0) is 11.3. The van der Waals surface area contributed by atoms with Gasteiger partial charge in [-0.25, -0.2) is 0 Å². The Labute approximate surface area is 94.5 Å². The van der Waals surface area contributed by atoms with Crippen molar-refractivity contribution in [2.24, 2.45) is 11.7 Å². The van der Waals surface area contributed by atoms with Gasteiger partial charge in [0.15, 0.2) is 0 Å². The Bertz CT molecular complexity index is 201. The smallest absolute Gasteiger partial charge is 0.0193 e. The molecule has 0 heterocycles. The Hall–Kier alpha value is -0.340. The highest BCUT2D eigenvalue weighted by Crippen LogP contribution is 2.29. The molecule has 2 unspecified atom stereocenters. The number of nitrogens with zero attached hydrogens (tertiary/aromatic N) is 1. The van der Waals surface area contributed by atoms with Gasteiger partial charge < -0.3 is 5.73 Å². The predicted molar refractivity (Wildman–Crippen MR) is 66.9 cm³/mol. The number of rotatable bonds is 6. The van der Waals surface area contributed by atoms with Crippen LogP contribution in [0, 0.1) is 5.92 Å². The first-order chi connectivity index (χ1) is 7.22. The van der Waals surface area contributed by atoms with Gasteiger partial charge in [-0.3, -0.25) is 4.90 Å². The predicted octanol–water partition coefficient (Wildman–Crippen LogP) is 2.40. The molecule has 15 heavy (non-hydrogen) atoms. The molecule has 2 N–H and O–H groups in total. The van der Waals surface area contributed by atoms with Crippen molar-refractivity contribution in [1.82, 2.24) is 4.90 Å². The molecule has 0 bridgehead atoms. The van der Waals surface area contributed by atoms with Crippen molar-refractivity contribution in [2.45, 2.75) is 45.6 Å². The maximum atomic E-state index is 5.83. The van der Waals surface area contributed by atoms with E-state index in [-0.39, 0.29) is 0 Å². The second kappa shape index (κ2) is 6.29. The molecule has 1 aliphatic carbocycles. The van der Waals surface area contributed by atoms with Gasteiger partial charge in [0.25, 0.3) is 0 Å². The lowest BCUT2D eigenvalue weighted by Crippen LogP contribution is -2.41. The van der Waals surface area contributed by atoms with E-state index in [4.69, 9.17) is 5.73 Å². The molecule has 1 saturated carbocycles. The summed E-state index contributed by atoms with van der Waals surface area (Å²) in [5.41, 5.74) is 7.18. The van der Waals surface area contributed by atoms with Crippen molar-refractivity contribution in [3.63, 3.8) is 0 Å². The van der Waals surface area contributed by atoms with Crippen LogP contribution in [-0.4, -0.2) is 30.6 Å². The summed E-state index contributed by atoms with van der Waals surface area (Å²) in [6, 6.07) is 0.711. The third-order valence-electron chi connectivity index (χ3n) is 3.72. The van der Waals surface area contributed by atoms with E-state index in [2.05, 4.69) is 25.3 Å². The molecule has 0 aliphatic heterocycles. The van der Waals surface area contributed by atoms with Crippen LogP contribution in [0.5, 0.6) is 0 Å². The van der Waals surface area contributed by atoms with E-state index < -0.39 is 0 Å². The highest BCUT2D eigenvalue weighted by atomic mass is 15.2. The van der Waals surface area contributed by atoms with Gasteiger partial charge in [-0.1, -0.05) is 32.4 Å². The van der Waals surface area contributed by atoms with Gasteiger partial charge in [0.1, 0.15) is 0 Å². The quantitative estimate of drug-likeness (QED) is 0.682. The molecule has 0 spiro atoms. The third-order valence-corrected chi connectivity index (χ3v) is 3.72. The maximum absolute atomic E-state index is 5.83. The van der Waals surface area contributed by atoms with Crippen LogP contribution in [0.2, 0.25) is 0 Å². The van der Waals surface area contributed by atoms with Crippen molar-refractivity contribution in [3.8, 4) is 0 Å². The first kappa shape index (κ1) is 12.7. The van der Waals surface area contributed by atoms with Crippen LogP contribution in [0.1, 0.15) is 39.5 Å². The Morgan fingerprint density at radius 2 is 2.13 bits per heavy atom. The molecular formula is C13H26N2. The van der Waals surface area contributed by atoms with Gasteiger partial charge in [-0.05, 0) is 38.3 Å². The van der Waals surface area contributed by atoms with Gasteiger partial charge in [0.2, 0.25) is 0 Å². The van der Waals surface area contributed by atoms with Gasteiger partial charge in [0, 0.05) is 12.6 Å². The average Bonchev–Trinajstić information content (AvgIpc) is 2.73. The topological polar surface area (TPSA) is 29.3 Å². The summed E-state index contributed by atoms with van der Waals surface area (Å²) in [6.45, 7) is 11.6. The summed E-state index contributed by atoms with van der Waals surface area (Å²) in [7, 11) is 0. The van der Waals surface area contributed by atoms with E-state index in [1.807, 2.05) is 0 Å². The second-order valence-corrected chi connectivity index (χ2v) is 4.66. The molecule has 88 valence electrons. The molecule has 0 aromatic carbocycles. The standard InChI is InChI=1S/C13H26N2/c1-4-11(3)10-15(5-2)13-8-6-7-12(13)9-14/h12-13H,3-10,14H2,1-2H3. The molecule has 0 saturated heterocycles. The molecule has 0 aromatic heterocycles. The van der Waals surface area contributed by atoms with Crippen molar-refractivity contribution in [3.05, 3.63) is 12.2 Å². The Morgan fingerprint density at radius 1 is 1.40 bits per heavy atom. The highest BCUT2D eigenvalue weighted by Gasteiger charge is 2.30. The minimum Gasteiger partial charge on any atom is -0.330 e. The Morgan fingerprint density at radius 3 is 2.67 bits per heavy atom. The van der Waals surface area contributed by atoms with Gasteiger partial charge in [-0.2, -0.15) is 0 Å². The van der Waals surface area contributed by atoms with Crippen LogP contribution in [0.25, 0.3) is 0 Å². The third kappa shape index (κ3) is 3.32. The summed E-state index contributed by atoms with van der Waals surface area (Å²) < 4.78 is 0. The van der Waals surface area contributed by atoms with E-state index >= 15 is 0 Å². The molecule has 1 aliphatic rings. The number of hydrogen-bond donors (Lipinski definition) is 1. The molecule has 0 radical (unpaired) electrons. The van der Waals surface area contributed by atoms with Crippen molar-refractivity contribution in [1.29, 1.82) is 0 Å². The molecule has 1 fully saturated rings. The van der Waals surface area contributed by atoms with Gasteiger partial charge in [-0.15, -0.1) is 0 Å². The van der Waals surface area contributed by atoms with Crippen LogP contribution in [0.15, 0.2) is 12.2 Å². The lowest BCUT2D eigenvalue weighted by molar-refractivity contribution is 0.183. The van der Waals surface area contributed by atoms with E-state index in [0.717, 1.165) is 32.0 Å². The van der Waals surface area contributed by atoms with Gasteiger partial charge >= 0.3 is 0 Å². The minimum absolute atomic E-state index is 0.711. The largest absolute Gasteiger partial charge is 0.330 e. The maximum Gasteiger partial charge on any atom is 0.0193 e. The molecule has 2 nitrogen and oxygen atoms in total. The highest BCUT2D eigenvalue weighted by molar-refractivity contribution is 4.98. The average molecular weight is 210 g/mol. The summed E-state index contributed by atoms with van der Waals surface area (Å²) in [5, 5.41) is 0. The summed E-state index contributed by atoms with van der Waals surface area (Å²) in [5.74, 6) is 0.717. The van der Waals surface area contributed by atoms with Gasteiger partial charge in [0.05, 0.1) is 0 Å². The van der Waals surface area contributed by atoms with Crippen molar-refractivity contribution >= 4 is 0 Å². The number of nitrogens with two attached hydrogens (primary N) is 1. The van der Waals surface area contributed by atoms with Crippen molar-refractivity contribution in [2.75, 3.05) is 19.6 Å². The van der Waals surface area contributed by atoms with Crippen LogP contribution in [0.3, 0.4) is 0 Å². The fourth-order valence-electron chi connectivity index (χ4n) is 2.64. The fraction of sp³-hybridized carbons (Fsp3) is 0.846. The van der Waals surface area contributed by atoms with Crippen LogP contribution < -0.4 is 5.73 Å². The molecule has 0 aromatic rings. The number of likely N-dealkylation sites (N-methyl/N-ethyl adjacent to an activating group) is 1. The zero-order valence-corrected chi connectivity index (χ0v) is 10.3. The zero-order valence-electron chi connectivity index (χ0n) is 10.3. The lowest BCUT2D eigenvalue weighted by atomic mass is 10.0. The fourth-order valence-corrected chi connectivity index (χ4v) is 2.64. The van der Waals surface area contributed by atoms with E-state index in [1.165, 1.54) is 24.8 Å². The van der Waals surface area contributed by atoms with Crippen LogP contribution in [-0.2, 0) is 0 Å². The van der Waals surface area contributed by atoms with E-state index in [9.17, 15) is 0 Å². The normalized spacial score (nSPS) is 26.1. The summed E-state index contributed by atoms with van der Waals surface area (Å²) in [4.78, 5) is 2.57. The van der Waals surface area contributed by atoms with E-state index in [1.54, 1.807) is 0 Å². The molecular weight excluding hydrogens is 184 g/mol. The SMILES string of the molecule is C=C(CC)CN(CC)C1CCCC1CN. The summed E-state index contributed by atoms with van der Waals surface area (Å²) >= 11 is 0. The molecule has 0 amide bonds. The minimum atomic E-state index is 0.711. The molecule has 2 atom stereocenters. The monoisotopic (exact) mass is 210 g/mol. The number of hydrogen-bond acceptors (Lipinski definition) is 2. The van der Waals surface area contributed by atoms with E-state index in [0.29, 0.717) is 6.04 Å². The van der Waals surface area contributed by atoms with Crippen LogP contribution >= 0.6 is 0 Å². The Kier molecular flexibility index (Phi) is 5.34. The molecule has 2 heteroatoms. The lowest BCUT2D eigenvalue weighted by Gasteiger charge is -2.32. The first-order valence-corrected chi connectivity index (χ1v) is 6.33. The van der Waals surface area contributed by atoms with Crippen LogP contribution in [0.4, 0.5) is 0 Å². The first-order valence-electron chi connectivity index (χ1n) is 6.33. The Balaban J connectivity index is 2.53.